The summed E-state index contributed by atoms with van der Waals surface area (Å²) in [6, 6.07) is 5.77. The number of carbonyl (C=O) groups is 3. The van der Waals surface area contributed by atoms with Gasteiger partial charge in [0, 0.05) is 19.5 Å². The summed E-state index contributed by atoms with van der Waals surface area (Å²) in [6.07, 6.45) is 2.63. The second kappa shape index (κ2) is 9.65. The maximum absolute atomic E-state index is 12.8. The van der Waals surface area contributed by atoms with Gasteiger partial charge in [0.25, 0.3) is 11.8 Å². The number of aliphatic hydroxyl groups is 1. The van der Waals surface area contributed by atoms with Crippen LogP contribution in [0, 0.1) is 12.8 Å². The lowest BCUT2D eigenvalue weighted by atomic mass is 10.0. The van der Waals surface area contributed by atoms with Crippen LogP contribution in [0.3, 0.4) is 0 Å². The summed E-state index contributed by atoms with van der Waals surface area (Å²) in [5.74, 6) is -0.708. The van der Waals surface area contributed by atoms with Crippen molar-refractivity contribution in [2.45, 2.75) is 39.7 Å². The highest BCUT2D eigenvalue weighted by Crippen LogP contribution is 2.30. The predicted octanol–water partition coefficient (Wildman–Crippen LogP) is 2.01. The standard InChI is InChI=1S/C22H28N2O6/c1-3-29-19(26)11-23-21(27)20-17(25)8-9-24(22(20)28)12-16-6-7-18(14(2)10-16)30-13-15-4-5-15/h6-7,10,15,25H,3-5,8-9,11-13H2,1-2H3,(H,23,27). The summed E-state index contributed by atoms with van der Waals surface area (Å²) in [7, 11) is 0. The van der Waals surface area contributed by atoms with Gasteiger partial charge in [0.2, 0.25) is 0 Å². The molecular formula is C22H28N2O6. The highest BCUT2D eigenvalue weighted by atomic mass is 16.5. The lowest BCUT2D eigenvalue weighted by molar-refractivity contribution is -0.143. The molecule has 1 fully saturated rings. The molecule has 3 rings (SSSR count). The highest BCUT2D eigenvalue weighted by molar-refractivity contribution is 6.19. The molecule has 0 spiro atoms. The summed E-state index contributed by atoms with van der Waals surface area (Å²) in [6.45, 7) is 4.80. The minimum absolute atomic E-state index is 0.176. The van der Waals surface area contributed by atoms with Crippen LogP contribution in [-0.4, -0.2) is 54.1 Å². The van der Waals surface area contributed by atoms with Crippen LogP contribution >= 0.6 is 0 Å². The van der Waals surface area contributed by atoms with E-state index in [0.29, 0.717) is 19.0 Å². The number of hydrogen-bond donors (Lipinski definition) is 2. The van der Waals surface area contributed by atoms with Crippen LogP contribution in [0.1, 0.15) is 37.3 Å². The number of carbonyl (C=O) groups excluding carboxylic acids is 3. The smallest absolute Gasteiger partial charge is 0.325 e. The molecular weight excluding hydrogens is 388 g/mol. The molecule has 1 aliphatic heterocycles. The fourth-order valence-electron chi connectivity index (χ4n) is 3.27. The number of hydrogen-bond acceptors (Lipinski definition) is 6. The fraction of sp³-hybridized carbons (Fsp3) is 0.500. The van der Waals surface area contributed by atoms with E-state index in [1.54, 1.807) is 6.92 Å². The normalized spacial score (nSPS) is 16.5. The largest absolute Gasteiger partial charge is 0.511 e. The maximum Gasteiger partial charge on any atom is 0.325 e. The Morgan fingerprint density at radius 2 is 2.07 bits per heavy atom. The van der Waals surface area contributed by atoms with E-state index in [9.17, 15) is 19.5 Å². The summed E-state index contributed by atoms with van der Waals surface area (Å²) >= 11 is 0. The molecule has 0 atom stereocenters. The third-order valence-corrected chi connectivity index (χ3v) is 5.12. The second-order valence-electron chi connectivity index (χ2n) is 7.64. The second-order valence-corrected chi connectivity index (χ2v) is 7.64. The van der Waals surface area contributed by atoms with Gasteiger partial charge in [0.05, 0.1) is 13.2 Å². The lowest BCUT2D eigenvalue weighted by Crippen LogP contribution is -2.43. The summed E-state index contributed by atoms with van der Waals surface area (Å²) in [5.41, 5.74) is 1.57. The van der Waals surface area contributed by atoms with Crippen LogP contribution in [-0.2, 0) is 25.7 Å². The number of benzene rings is 1. The van der Waals surface area contributed by atoms with Gasteiger partial charge in [-0.2, -0.15) is 0 Å². The zero-order valence-electron chi connectivity index (χ0n) is 17.4. The van der Waals surface area contributed by atoms with Crippen molar-refractivity contribution in [3.8, 4) is 5.75 Å². The number of ether oxygens (including phenoxy) is 2. The first-order valence-electron chi connectivity index (χ1n) is 10.3. The molecule has 0 aromatic heterocycles. The molecule has 8 nitrogen and oxygen atoms in total. The number of rotatable bonds is 9. The van der Waals surface area contributed by atoms with Gasteiger partial charge < -0.3 is 24.8 Å². The van der Waals surface area contributed by atoms with Crippen LogP contribution in [0.25, 0.3) is 0 Å². The molecule has 1 saturated carbocycles. The number of aliphatic hydroxyl groups excluding tert-OH is 1. The maximum atomic E-state index is 12.8. The Kier molecular flexibility index (Phi) is 6.97. The molecule has 0 radical (unpaired) electrons. The van der Waals surface area contributed by atoms with Crippen LogP contribution in [0.5, 0.6) is 5.75 Å². The molecule has 0 unspecified atom stereocenters. The zero-order chi connectivity index (χ0) is 21.7. The van der Waals surface area contributed by atoms with Gasteiger partial charge in [-0.1, -0.05) is 12.1 Å². The number of nitrogens with one attached hydrogen (secondary N) is 1. The molecule has 2 aliphatic rings. The Labute approximate surface area is 175 Å². The van der Waals surface area contributed by atoms with Crippen molar-refractivity contribution in [1.29, 1.82) is 0 Å². The Bertz CT molecular complexity index is 859. The van der Waals surface area contributed by atoms with E-state index in [2.05, 4.69) is 5.32 Å². The quantitative estimate of drug-likeness (QED) is 0.471. The molecule has 1 heterocycles. The number of amides is 2. The Balaban J connectivity index is 1.61. The summed E-state index contributed by atoms with van der Waals surface area (Å²) < 4.78 is 10.6. The monoisotopic (exact) mass is 416 g/mol. The van der Waals surface area contributed by atoms with Crippen LogP contribution < -0.4 is 10.1 Å². The van der Waals surface area contributed by atoms with Gasteiger partial charge in [-0.3, -0.25) is 14.4 Å². The van der Waals surface area contributed by atoms with Gasteiger partial charge in [-0.05, 0) is 49.8 Å². The molecule has 1 aliphatic carbocycles. The third-order valence-electron chi connectivity index (χ3n) is 5.12. The van der Waals surface area contributed by atoms with E-state index in [1.807, 2.05) is 25.1 Å². The van der Waals surface area contributed by atoms with E-state index in [0.717, 1.165) is 23.5 Å². The molecule has 0 saturated heterocycles. The van der Waals surface area contributed by atoms with Gasteiger partial charge in [-0.15, -0.1) is 0 Å². The topological polar surface area (TPSA) is 105 Å². The Hall–Kier alpha value is -3.03. The molecule has 8 heteroatoms. The minimum atomic E-state index is -0.782. The van der Waals surface area contributed by atoms with E-state index in [-0.39, 0.29) is 30.9 Å². The molecule has 1 aromatic rings. The van der Waals surface area contributed by atoms with Gasteiger partial charge in [-0.25, -0.2) is 0 Å². The zero-order valence-corrected chi connectivity index (χ0v) is 17.4. The van der Waals surface area contributed by atoms with Crippen LogP contribution in [0.15, 0.2) is 29.5 Å². The van der Waals surface area contributed by atoms with Crippen molar-refractivity contribution in [1.82, 2.24) is 10.2 Å². The molecule has 0 bridgehead atoms. The van der Waals surface area contributed by atoms with Gasteiger partial charge in [0.15, 0.2) is 0 Å². The van der Waals surface area contributed by atoms with E-state index >= 15 is 0 Å². The SMILES string of the molecule is CCOC(=O)CNC(=O)C1=C(O)CCN(Cc2ccc(OCC3CC3)c(C)c2)C1=O. The third kappa shape index (κ3) is 5.52. The first-order chi connectivity index (χ1) is 14.4. The summed E-state index contributed by atoms with van der Waals surface area (Å²) in [5, 5.41) is 12.4. The van der Waals surface area contributed by atoms with Crippen molar-refractivity contribution in [2.24, 2.45) is 5.92 Å². The predicted molar refractivity (Wildman–Crippen MR) is 109 cm³/mol. The highest BCUT2D eigenvalue weighted by Gasteiger charge is 2.32. The molecule has 2 N–H and O–H groups in total. The van der Waals surface area contributed by atoms with E-state index < -0.39 is 17.8 Å². The average molecular weight is 416 g/mol. The van der Waals surface area contributed by atoms with Crippen molar-refractivity contribution >= 4 is 17.8 Å². The van der Waals surface area contributed by atoms with Gasteiger partial charge in [0.1, 0.15) is 23.6 Å². The minimum Gasteiger partial charge on any atom is -0.511 e. The fourth-order valence-corrected chi connectivity index (χ4v) is 3.27. The first-order valence-corrected chi connectivity index (χ1v) is 10.3. The van der Waals surface area contributed by atoms with Crippen molar-refractivity contribution in [3.05, 3.63) is 40.7 Å². The first kappa shape index (κ1) is 21.7. The van der Waals surface area contributed by atoms with Gasteiger partial charge >= 0.3 is 5.97 Å². The Morgan fingerprint density at radius 3 is 2.73 bits per heavy atom. The van der Waals surface area contributed by atoms with Crippen molar-refractivity contribution < 1.29 is 29.0 Å². The molecule has 2 amide bonds. The molecule has 1 aromatic carbocycles. The number of aryl methyl sites for hydroxylation is 1. The van der Waals surface area contributed by atoms with Crippen LogP contribution in [0.4, 0.5) is 0 Å². The number of esters is 1. The van der Waals surface area contributed by atoms with E-state index in [4.69, 9.17) is 9.47 Å². The lowest BCUT2D eigenvalue weighted by Gasteiger charge is -2.28. The number of nitrogens with zero attached hydrogens (tertiary/aromatic N) is 1. The Morgan fingerprint density at radius 1 is 1.30 bits per heavy atom. The van der Waals surface area contributed by atoms with Crippen molar-refractivity contribution in [3.63, 3.8) is 0 Å². The average Bonchev–Trinajstić information content (AvgIpc) is 3.53. The van der Waals surface area contributed by atoms with Crippen molar-refractivity contribution in [2.75, 3.05) is 26.3 Å². The molecule has 162 valence electrons. The van der Waals surface area contributed by atoms with E-state index in [1.165, 1.54) is 17.7 Å². The molecule has 30 heavy (non-hydrogen) atoms. The van der Waals surface area contributed by atoms with Crippen LogP contribution in [0.2, 0.25) is 0 Å². The summed E-state index contributed by atoms with van der Waals surface area (Å²) in [4.78, 5) is 38.1.